The number of carbonyl (C=O) groups is 1. The summed E-state index contributed by atoms with van der Waals surface area (Å²) >= 11 is 6.25. The first-order valence-electron chi connectivity index (χ1n) is 7.03. The van der Waals surface area contributed by atoms with Crippen LogP contribution in [0.25, 0.3) is 10.9 Å². The van der Waals surface area contributed by atoms with E-state index in [-0.39, 0.29) is 0 Å². The van der Waals surface area contributed by atoms with Gasteiger partial charge in [-0.2, -0.15) is 0 Å². The average Bonchev–Trinajstić information content (AvgIpc) is 2.74. The molecule has 0 spiro atoms. The second-order valence-corrected chi connectivity index (χ2v) is 6.17. The predicted molar refractivity (Wildman–Crippen MR) is 80.3 cm³/mol. The molecule has 106 valence electrons. The molecule has 0 aliphatic heterocycles. The van der Waals surface area contributed by atoms with Gasteiger partial charge in [-0.15, -0.1) is 0 Å². The van der Waals surface area contributed by atoms with E-state index in [0.717, 1.165) is 48.6 Å². The van der Waals surface area contributed by atoms with E-state index in [0.29, 0.717) is 5.02 Å². The molecule has 4 heteroatoms. The van der Waals surface area contributed by atoms with Gasteiger partial charge >= 0.3 is 5.97 Å². The molecule has 3 nitrogen and oxygen atoms in total. The Bertz CT molecular complexity index is 668. The predicted octanol–water partition coefficient (Wildman–Crippen LogP) is 4.12. The lowest BCUT2D eigenvalue weighted by molar-refractivity contribution is -0.145. The van der Waals surface area contributed by atoms with Crippen molar-refractivity contribution in [2.24, 2.45) is 7.05 Å². The Kier molecular flexibility index (Phi) is 3.25. The minimum atomic E-state index is -0.731. The highest BCUT2D eigenvalue weighted by Gasteiger charge is 2.41. The Morgan fingerprint density at radius 1 is 1.30 bits per heavy atom. The summed E-state index contributed by atoms with van der Waals surface area (Å²) in [4.78, 5) is 11.9. The first-order valence-corrected chi connectivity index (χ1v) is 7.41. The zero-order valence-corrected chi connectivity index (χ0v) is 12.3. The molecular formula is C16H18ClNO2. The number of benzene rings is 1. The topological polar surface area (TPSA) is 42.2 Å². The lowest BCUT2D eigenvalue weighted by Gasteiger charge is -2.33. The second kappa shape index (κ2) is 4.81. The summed E-state index contributed by atoms with van der Waals surface area (Å²) in [6, 6.07) is 5.91. The summed E-state index contributed by atoms with van der Waals surface area (Å²) in [5, 5.41) is 11.4. The third-order valence-corrected chi connectivity index (χ3v) is 4.91. The molecule has 0 radical (unpaired) electrons. The normalized spacial score (nSPS) is 18.3. The van der Waals surface area contributed by atoms with E-state index in [2.05, 4.69) is 0 Å². The van der Waals surface area contributed by atoms with Crippen LogP contribution in [-0.2, 0) is 17.3 Å². The molecular weight excluding hydrogens is 274 g/mol. The summed E-state index contributed by atoms with van der Waals surface area (Å²) < 4.78 is 1.97. The lowest BCUT2D eigenvalue weighted by atomic mass is 9.69. The molecule has 1 aliphatic carbocycles. The van der Waals surface area contributed by atoms with Crippen LogP contribution in [-0.4, -0.2) is 15.6 Å². The molecule has 1 fully saturated rings. The minimum Gasteiger partial charge on any atom is -0.481 e. The van der Waals surface area contributed by atoms with Gasteiger partial charge in [-0.1, -0.05) is 36.9 Å². The number of aryl methyl sites for hydroxylation is 1. The third-order valence-electron chi connectivity index (χ3n) is 4.61. The Labute approximate surface area is 123 Å². The molecule has 0 bridgehead atoms. The number of aliphatic carboxylic acids is 1. The van der Waals surface area contributed by atoms with Gasteiger partial charge in [0.05, 0.1) is 10.4 Å². The largest absolute Gasteiger partial charge is 0.481 e. The summed E-state index contributed by atoms with van der Waals surface area (Å²) in [5.41, 5.74) is 1.20. The number of nitrogens with zero attached hydrogens (tertiary/aromatic N) is 1. The van der Waals surface area contributed by atoms with Gasteiger partial charge in [-0.25, -0.2) is 0 Å². The zero-order chi connectivity index (χ0) is 14.3. The van der Waals surface area contributed by atoms with Crippen LogP contribution in [0.2, 0.25) is 5.02 Å². The van der Waals surface area contributed by atoms with Crippen molar-refractivity contribution in [3.8, 4) is 0 Å². The number of aromatic nitrogens is 1. The number of halogens is 1. The van der Waals surface area contributed by atoms with Gasteiger partial charge in [0, 0.05) is 24.1 Å². The quantitative estimate of drug-likeness (QED) is 0.904. The first-order chi connectivity index (χ1) is 9.54. The Morgan fingerprint density at radius 3 is 2.65 bits per heavy atom. The van der Waals surface area contributed by atoms with Crippen molar-refractivity contribution < 1.29 is 9.90 Å². The fraction of sp³-hybridized carbons (Fsp3) is 0.438. The molecule has 2 aromatic rings. The van der Waals surface area contributed by atoms with E-state index in [9.17, 15) is 9.90 Å². The monoisotopic (exact) mass is 291 g/mol. The second-order valence-electron chi connectivity index (χ2n) is 5.77. The Morgan fingerprint density at radius 2 is 2.00 bits per heavy atom. The van der Waals surface area contributed by atoms with Crippen LogP contribution in [0.5, 0.6) is 0 Å². The molecule has 20 heavy (non-hydrogen) atoms. The van der Waals surface area contributed by atoms with Crippen LogP contribution in [0.4, 0.5) is 0 Å². The summed E-state index contributed by atoms with van der Waals surface area (Å²) in [6.07, 6.45) is 6.39. The third kappa shape index (κ3) is 1.92. The summed E-state index contributed by atoms with van der Waals surface area (Å²) in [6.45, 7) is 0. The molecule has 3 rings (SSSR count). The number of carboxylic acid groups (broad SMARTS) is 1. The zero-order valence-electron chi connectivity index (χ0n) is 11.5. The van der Waals surface area contributed by atoms with E-state index >= 15 is 0 Å². The maximum atomic E-state index is 11.9. The number of fused-ring (bicyclic) bond motifs is 1. The summed E-state index contributed by atoms with van der Waals surface area (Å²) in [7, 11) is 1.95. The number of hydrogen-bond donors (Lipinski definition) is 1. The highest BCUT2D eigenvalue weighted by Crippen LogP contribution is 2.41. The van der Waals surface area contributed by atoms with E-state index in [1.54, 1.807) is 0 Å². The minimum absolute atomic E-state index is 0.681. The van der Waals surface area contributed by atoms with Crippen molar-refractivity contribution in [3.63, 3.8) is 0 Å². The summed E-state index contributed by atoms with van der Waals surface area (Å²) in [5.74, 6) is -0.705. The molecule has 1 aliphatic rings. The van der Waals surface area contributed by atoms with Gasteiger partial charge < -0.3 is 9.67 Å². The standard InChI is InChI=1S/C16H18ClNO2/c1-18-10-13(17)12-9-11(5-6-14(12)18)16(15(19)20)7-3-2-4-8-16/h5-6,9-10H,2-4,7-8H2,1H3,(H,19,20). The number of carboxylic acids is 1. The lowest BCUT2D eigenvalue weighted by Crippen LogP contribution is -2.37. The maximum Gasteiger partial charge on any atom is 0.314 e. The molecule has 1 N–H and O–H groups in total. The van der Waals surface area contributed by atoms with Gasteiger partial charge in [0.2, 0.25) is 0 Å². The smallest absolute Gasteiger partial charge is 0.314 e. The number of hydrogen-bond acceptors (Lipinski definition) is 1. The molecule has 0 saturated heterocycles. The van der Waals surface area contributed by atoms with Gasteiger partial charge in [0.25, 0.3) is 0 Å². The van der Waals surface area contributed by atoms with E-state index in [1.165, 1.54) is 0 Å². The van der Waals surface area contributed by atoms with Crippen LogP contribution >= 0.6 is 11.6 Å². The molecule has 1 aromatic carbocycles. The molecule has 1 aromatic heterocycles. The van der Waals surface area contributed by atoms with Gasteiger partial charge in [-0.3, -0.25) is 4.79 Å². The van der Waals surface area contributed by atoms with Crippen molar-refractivity contribution in [1.82, 2.24) is 4.57 Å². The van der Waals surface area contributed by atoms with Crippen molar-refractivity contribution >= 4 is 28.5 Å². The van der Waals surface area contributed by atoms with Crippen LogP contribution < -0.4 is 0 Å². The first kappa shape index (κ1) is 13.5. The SMILES string of the molecule is Cn1cc(Cl)c2cc(C3(C(=O)O)CCCCC3)ccc21. The van der Waals surface area contributed by atoms with E-state index < -0.39 is 11.4 Å². The molecule has 1 saturated carbocycles. The highest BCUT2D eigenvalue weighted by atomic mass is 35.5. The Balaban J connectivity index is 2.16. The number of rotatable bonds is 2. The van der Waals surface area contributed by atoms with E-state index in [4.69, 9.17) is 11.6 Å². The van der Waals surface area contributed by atoms with Crippen LogP contribution in [0.15, 0.2) is 24.4 Å². The highest BCUT2D eigenvalue weighted by molar-refractivity contribution is 6.35. The average molecular weight is 292 g/mol. The van der Waals surface area contributed by atoms with Crippen LogP contribution in [0.1, 0.15) is 37.7 Å². The van der Waals surface area contributed by atoms with Crippen molar-refractivity contribution in [2.45, 2.75) is 37.5 Å². The fourth-order valence-corrected chi connectivity index (χ4v) is 3.72. The van der Waals surface area contributed by atoms with Crippen LogP contribution in [0, 0.1) is 0 Å². The van der Waals surface area contributed by atoms with E-state index in [1.807, 2.05) is 36.0 Å². The van der Waals surface area contributed by atoms with Crippen LogP contribution in [0.3, 0.4) is 0 Å². The molecule has 0 unspecified atom stereocenters. The van der Waals surface area contributed by atoms with Crippen molar-refractivity contribution in [2.75, 3.05) is 0 Å². The van der Waals surface area contributed by atoms with Crippen molar-refractivity contribution in [3.05, 3.63) is 35.0 Å². The maximum absolute atomic E-state index is 11.9. The van der Waals surface area contributed by atoms with Gasteiger partial charge in [0.15, 0.2) is 0 Å². The van der Waals surface area contributed by atoms with Gasteiger partial charge in [0.1, 0.15) is 0 Å². The molecule has 0 atom stereocenters. The van der Waals surface area contributed by atoms with Gasteiger partial charge in [-0.05, 0) is 30.5 Å². The Hall–Kier alpha value is -1.48. The van der Waals surface area contributed by atoms with Crippen molar-refractivity contribution in [1.29, 1.82) is 0 Å². The molecule has 0 amide bonds. The molecule has 1 heterocycles. The fourth-order valence-electron chi connectivity index (χ4n) is 3.42.